The number of anilines is 1. The van der Waals surface area contributed by atoms with Crippen LogP contribution in [0.5, 0.6) is 23.0 Å². The molecule has 1 amide bonds. The van der Waals surface area contributed by atoms with Crippen molar-refractivity contribution in [1.29, 1.82) is 0 Å². The summed E-state index contributed by atoms with van der Waals surface area (Å²) in [6.07, 6.45) is 0. The van der Waals surface area contributed by atoms with E-state index in [1.165, 1.54) is 36.3 Å². The van der Waals surface area contributed by atoms with Crippen molar-refractivity contribution in [3.8, 4) is 34.8 Å². The Hall–Kier alpha value is -7.48. The molecule has 0 spiro atoms. The van der Waals surface area contributed by atoms with Gasteiger partial charge in [0.05, 0.1) is 30.4 Å². The van der Waals surface area contributed by atoms with Crippen LogP contribution >= 0.6 is 0 Å². The largest absolute Gasteiger partial charge is 0.497 e. The maximum Gasteiger partial charge on any atom is 0.343 e. The molecule has 0 aromatic heterocycles. The normalized spacial score (nSPS) is 10.3. The summed E-state index contributed by atoms with van der Waals surface area (Å²) >= 11 is 0. The van der Waals surface area contributed by atoms with E-state index in [9.17, 15) is 24.3 Å². The van der Waals surface area contributed by atoms with E-state index < -0.39 is 17.9 Å². The standard InChI is InChI=1S/C45H33NO9/c1-46(42(48)33-13-25-40(26-14-33)54-43(49)34-11-5-32(29-47)6-12-34)37-19-7-30(8-20-37)3-4-31-9-21-39(22-10-31)53-45(51)36-17-27-41(28-18-36)55-44(50)35-15-23-38(52-2)24-16-35/h5-28,47H,29H2,1-2H3. The van der Waals surface area contributed by atoms with Gasteiger partial charge in [-0.25, -0.2) is 14.4 Å². The third-order valence-electron chi connectivity index (χ3n) is 8.29. The Balaban J connectivity index is 0.985. The molecule has 0 saturated heterocycles. The summed E-state index contributed by atoms with van der Waals surface area (Å²) in [6, 6.07) is 39.3. The highest BCUT2D eigenvalue weighted by Crippen LogP contribution is 2.21. The zero-order valence-electron chi connectivity index (χ0n) is 29.7. The average Bonchev–Trinajstić information content (AvgIpc) is 3.23. The minimum absolute atomic E-state index is 0.118. The Labute approximate surface area is 317 Å². The van der Waals surface area contributed by atoms with E-state index in [0.717, 1.165) is 5.56 Å². The van der Waals surface area contributed by atoms with E-state index in [-0.39, 0.29) is 23.8 Å². The first-order valence-electron chi connectivity index (χ1n) is 16.9. The van der Waals surface area contributed by atoms with E-state index >= 15 is 0 Å². The number of aliphatic hydroxyl groups excluding tert-OH is 1. The molecule has 6 aromatic rings. The van der Waals surface area contributed by atoms with Crippen LogP contribution in [-0.4, -0.2) is 43.1 Å². The molecule has 6 rings (SSSR count). The van der Waals surface area contributed by atoms with Crippen LogP contribution < -0.4 is 23.8 Å². The quantitative estimate of drug-likeness (QED) is 0.0864. The molecule has 10 nitrogen and oxygen atoms in total. The van der Waals surface area contributed by atoms with Gasteiger partial charge in [-0.3, -0.25) is 4.79 Å². The number of carbonyl (C=O) groups excluding carboxylic acids is 4. The fourth-order valence-corrected chi connectivity index (χ4v) is 5.13. The second kappa shape index (κ2) is 17.4. The van der Waals surface area contributed by atoms with Crippen LogP contribution in [-0.2, 0) is 6.61 Å². The molecular weight excluding hydrogens is 698 g/mol. The Morgan fingerprint density at radius 1 is 0.491 bits per heavy atom. The number of amides is 1. The smallest absolute Gasteiger partial charge is 0.343 e. The van der Waals surface area contributed by atoms with Crippen LogP contribution in [0.2, 0.25) is 0 Å². The summed E-state index contributed by atoms with van der Waals surface area (Å²) in [5.41, 5.74) is 4.18. The van der Waals surface area contributed by atoms with Gasteiger partial charge < -0.3 is 29.0 Å². The number of rotatable bonds is 10. The van der Waals surface area contributed by atoms with E-state index in [4.69, 9.17) is 18.9 Å². The minimum atomic E-state index is -0.573. The van der Waals surface area contributed by atoms with Crippen molar-refractivity contribution in [2.75, 3.05) is 19.1 Å². The summed E-state index contributed by atoms with van der Waals surface area (Å²) in [4.78, 5) is 52.2. The molecule has 10 heteroatoms. The predicted molar refractivity (Wildman–Crippen MR) is 205 cm³/mol. The number of aliphatic hydroxyl groups is 1. The molecule has 0 aliphatic heterocycles. The van der Waals surface area contributed by atoms with Gasteiger partial charge in [-0.2, -0.15) is 0 Å². The van der Waals surface area contributed by atoms with E-state index in [0.29, 0.717) is 50.8 Å². The molecule has 55 heavy (non-hydrogen) atoms. The van der Waals surface area contributed by atoms with Crippen LogP contribution in [0.3, 0.4) is 0 Å². The van der Waals surface area contributed by atoms with Gasteiger partial charge in [0.2, 0.25) is 0 Å². The lowest BCUT2D eigenvalue weighted by atomic mass is 10.1. The van der Waals surface area contributed by atoms with Crippen molar-refractivity contribution in [2.45, 2.75) is 6.61 Å². The number of methoxy groups -OCH3 is 1. The van der Waals surface area contributed by atoms with E-state index in [2.05, 4.69) is 11.8 Å². The third-order valence-corrected chi connectivity index (χ3v) is 8.29. The van der Waals surface area contributed by atoms with Crippen LogP contribution in [0.4, 0.5) is 5.69 Å². The summed E-state index contributed by atoms with van der Waals surface area (Å²) in [7, 11) is 3.20. The first kappa shape index (κ1) is 37.3. The minimum Gasteiger partial charge on any atom is -0.497 e. The lowest BCUT2D eigenvalue weighted by molar-refractivity contribution is 0.0723. The Morgan fingerprint density at radius 3 is 1.24 bits per heavy atom. The monoisotopic (exact) mass is 731 g/mol. The second-order valence-corrected chi connectivity index (χ2v) is 12.0. The number of hydrogen-bond acceptors (Lipinski definition) is 9. The fraction of sp³-hybridized carbons (Fsp3) is 0.0667. The summed E-state index contributed by atoms with van der Waals surface area (Å²) < 4.78 is 21.4. The topological polar surface area (TPSA) is 129 Å². The van der Waals surface area contributed by atoms with Crippen molar-refractivity contribution >= 4 is 29.5 Å². The number of hydrogen-bond donors (Lipinski definition) is 1. The van der Waals surface area contributed by atoms with Gasteiger partial charge >= 0.3 is 17.9 Å². The van der Waals surface area contributed by atoms with Crippen molar-refractivity contribution in [3.05, 3.63) is 185 Å². The van der Waals surface area contributed by atoms with E-state index in [1.807, 2.05) is 12.1 Å². The SMILES string of the molecule is COc1ccc(C(=O)Oc2ccc(C(=O)Oc3ccc(C#Cc4ccc(N(C)C(=O)c5ccc(OC(=O)c6ccc(CO)cc6)cc5)cc4)cc3)cc2)cc1. The fourth-order valence-electron chi connectivity index (χ4n) is 5.13. The van der Waals surface area contributed by atoms with E-state index in [1.54, 1.807) is 116 Å². The molecule has 1 N–H and O–H groups in total. The van der Waals surface area contributed by atoms with Gasteiger partial charge in [0.25, 0.3) is 5.91 Å². The van der Waals surface area contributed by atoms with Gasteiger partial charge in [-0.15, -0.1) is 0 Å². The lowest BCUT2D eigenvalue weighted by Gasteiger charge is -2.17. The van der Waals surface area contributed by atoms with Gasteiger partial charge in [-0.1, -0.05) is 24.0 Å². The van der Waals surface area contributed by atoms with Crippen molar-refractivity contribution in [1.82, 2.24) is 0 Å². The third kappa shape index (κ3) is 9.70. The van der Waals surface area contributed by atoms with Crippen molar-refractivity contribution in [2.24, 2.45) is 0 Å². The summed E-state index contributed by atoms with van der Waals surface area (Å²) in [5, 5.41) is 9.18. The highest BCUT2D eigenvalue weighted by Gasteiger charge is 2.16. The molecule has 0 saturated carbocycles. The van der Waals surface area contributed by atoms with Crippen LogP contribution in [0, 0.1) is 11.8 Å². The Bertz CT molecular complexity index is 2360. The highest BCUT2D eigenvalue weighted by molar-refractivity contribution is 6.06. The molecule has 0 radical (unpaired) electrons. The van der Waals surface area contributed by atoms with Crippen molar-refractivity contribution in [3.63, 3.8) is 0 Å². The van der Waals surface area contributed by atoms with Crippen LogP contribution in [0.25, 0.3) is 0 Å². The lowest BCUT2D eigenvalue weighted by Crippen LogP contribution is -2.26. The zero-order chi connectivity index (χ0) is 38.7. The number of esters is 3. The molecule has 0 aliphatic rings. The summed E-state index contributed by atoms with van der Waals surface area (Å²) in [6.45, 7) is -0.118. The molecule has 0 heterocycles. The number of benzene rings is 6. The number of carbonyl (C=O) groups is 4. The van der Waals surface area contributed by atoms with Crippen molar-refractivity contribution < 1.29 is 43.2 Å². The Kier molecular flexibility index (Phi) is 11.8. The number of nitrogens with zero attached hydrogens (tertiary/aromatic N) is 1. The van der Waals surface area contributed by atoms with Gasteiger partial charge in [0.15, 0.2) is 0 Å². The molecule has 0 aliphatic carbocycles. The maximum absolute atomic E-state index is 13.2. The van der Waals surface area contributed by atoms with Crippen LogP contribution in [0.15, 0.2) is 146 Å². The average molecular weight is 732 g/mol. The molecule has 0 atom stereocenters. The Morgan fingerprint density at radius 2 is 0.836 bits per heavy atom. The number of ether oxygens (including phenoxy) is 4. The molecule has 0 bridgehead atoms. The van der Waals surface area contributed by atoms with Gasteiger partial charge in [-0.05, 0) is 139 Å². The van der Waals surface area contributed by atoms with Gasteiger partial charge in [0.1, 0.15) is 23.0 Å². The molecular formula is C45H33NO9. The molecule has 0 unspecified atom stereocenters. The summed E-state index contributed by atoms with van der Waals surface area (Å²) in [5.74, 6) is 5.80. The second-order valence-electron chi connectivity index (χ2n) is 12.0. The van der Waals surface area contributed by atoms with Gasteiger partial charge in [0, 0.05) is 29.4 Å². The molecule has 6 aromatic carbocycles. The first-order valence-corrected chi connectivity index (χ1v) is 16.9. The zero-order valence-corrected chi connectivity index (χ0v) is 29.7. The highest BCUT2D eigenvalue weighted by atomic mass is 16.5. The maximum atomic E-state index is 13.2. The first-order chi connectivity index (χ1) is 26.7. The molecule has 0 fully saturated rings. The van der Waals surface area contributed by atoms with Crippen LogP contribution in [0.1, 0.15) is 58.1 Å². The molecule has 272 valence electrons. The predicted octanol–water partition coefficient (Wildman–Crippen LogP) is 7.52.